The van der Waals surface area contributed by atoms with E-state index in [9.17, 15) is 0 Å². The molecule has 1 aliphatic rings. The van der Waals surface area contributed by atoms with Gasteiger partial charge in [-0.3, -0.25) is 9.88 Å². The highest BCUT2D eigenvalue weighted by molar-refractivity contribution is 5.11. The van der Waals surface area contributed by atoms with Crippen molar-refractivity contribution >= 4 is 0 Å². The van der Waals surface area contributed by atoms with Crippen LogP contribution in [0.25, 0.3) is 0 Å². The number of pyridine rings is 1. The second kappa shape index (κ2) is 6.68. The van der Waals surface area contributed by atoms with Crippen LogP contribution < -0.4 is 5.73 Å². The molecule has 2 unspecified atom stereocenters. The van der Waals surface area contributed by atoms with Crippen LogP contribution in [-0.2, 0) is 6.54 Å². The van der Waals surface area contributed by atoms with E-state index in [4.69, 9.17) is 5.73 Å². The fourth-order valence-corrected chi connectivity index (χ4v) is 4.11. The van der Waals surface area contributed by atoms with Crippen molar-refractivity contribution in [1.82, 2.24) is 9.88 Å². The molecule has 1 fully saturated rings. The molecule has 1 aromatic heterocycles. The van der Waals surface area contributed by atoms with E-state index in [-0.39, 0.29) is 5.54 Å². The predicted molar refractivity (Wildman–Crippen MR) is 84.3 cm³/mol. The maximum atomic E-state index is 6.24. The molecule has 3 nitrogen and oxygen atoms in total. The molecule has 3 heteroatoms. The molecule has 0 saturated heterocycles. The molecule has 0 amide bonds. The quantitative estimate of drug-likeness (QED) is 0.898. The van der Waals surface area contributed by atoms with Gasteiger partial charge in [0.25, 0.3) is 0 Å². The average Bonchev–Trinajstić information content (AvgIpc) is 2.44. The van der Waals surface area contributed by atoms with Gasteiger partial charge in [0.05, 0.1) is 0 Å². The van der Waals surface area contributed by atoms with Gasteiger partial charge in [-0.05, 0) is 55.3 Å². The lowest BCUT2D eigenvalue weighted by atomic mass is 9.70. The highest BCUT2D eigenvalue weighted by Crippen LogP contribution is 2.39. The van der Waals surface area contributed by atoms with Crippen LogP contribution in [0.15, 0.2) is 24.5 Å². The molecule has 2 rings (SSSR count). The standard InChI is InChI=1S/C17H29N3/c1-4-20(12-16-5-7-19-8-6-16)17(13-18)10-14(2)9-15(3)11-17/h5-8,14-15H,4,9-13,18H2,1-3H3. The van der Waals surface area contributed by atoms with Crippen molar-refractivity contribution in [3.63, 3.8) is 0 Å². The summed E-state index contributed by atoms with van der Waals surface area (Å²) in [6.45, 7) is 9.80. The number of nitrogens with zero attached hydrogens (tertiary/aromatic N) is 2. The van der Waals surface area contributed by atoms with Gasteiger partial charge in [0.15, 0.2) is 0 Å². The summed E-state index contributed by atoms with van der Waals surface area (Å²) in [6.07, 6.45) is 7.56. The van der Waals surface area contributed by atoms with Gasteiger partial charge in [-0.15, -0.1) is 0 Å². The third kappa shape index (κ3) is 3.39. The monoisotopic (exact) mass is 275 g/mol. The average molecular weight is 275 g/mol. The van der Waals surface area contributed by atoms with Crippen LogP contribution in [-0.4, -0.2) is 28.5 Å². The lowest BCUT2D eigenvalue weighted by Crippen LogP contribution is -2.57. The molecule has 0 bridgehead atoms. The summed E-state index contributed by atoms with van der Waals surface area (Å²) >= 11 is 0. The van der Waals surface area contributed by atoms with Crippen LogP contribution in [0.2, 0.25) is 0 Å². The van der Waals surface area contributed by atoms with E-state index >= 15 is 0 Å². The first-order chi connectivity index (χ1) is 9.59. The van der Waals surface area contributed by atoms with Crippen molar-refractivity contribution in [3.8, 4) is 0 Å². The summed E-state index contributed by atoms with van der Waals surface area (Å²) in [5, 5.41) is 0. The molecular formula is C17H29N3. The molecule has 0 spiro atoms. The topological polar surface area (TPSA) is 42.2 Å². The summed E-state index contributed by atoms with van der Waals surface area (Å²) in [5.74, 6) is 1.54. The second-order valence-electron chi connectivity index (χ2n) is 6.65. The summed E-state index contributed by atoms with van der Waals surface area (Å²) in [7, 11) is 0. The van der Waals surface area contributed by atoms with E-state index in [1.165, 1.54) is 24.8 Å². The summed E-state index contributed by atoms with van der Waals surface area (Å²) in [6, 6.07) is 4.23. The lowest BCUT2D eigenvalue weighted by Gasteiger charge is -2.49. The Bertz CT molecular complexity index is 394. The SMILES string of the molecule is CCN(Cc1ccncc1)C1(CN)CC(C)CC(C)C1. The van der Waals surface area contributed by atoms with E-state index in [0.29, 0.717) is 0 Å². The fraction of sp³-hybridized carbons (Fsp3) is 0.706. The molecule has 112 valence electrons. The first kappa shape index (κ1) is 15.5. The predicted octanol–water partition coefficient (Wildman–Crippen LogP) is 3.06. The van der Waals surface area contributed by atoms with Gasteiger partial charge in [0.2, 0.25) is 0 Å². The Kier molecular flexibility index (Phi) is 5.17. The van der Waals surface area contributed by atoms with Crippen molar-refractivity contribution in [2.75, 3.05) is 13.1 Å². The van der Waals surface area contributed by atoms with Crippen LogP contribution in [0.4, 0.5) is 0 Å². The van der Waals surface area contributed by atoms with Gasteiger partial charge < -0.3 is 5.73 Å². The van der Waals surface area contributed by atoms with Crippen LogP contribution >= 0.6 is 0 Å². The van der Waals surface area contributed by atoms with Gasteiger partial charge in [0, 0.05) is 31.0 Å². The van der Waals surface area contributed by atoms with Crippen molar-refractivity contribution in [3.05, 3.63) is 30.1 Å². The number of rotatable bonds is 5. The molecule has 2 atom stereocenters. The summed E-state index contributed by atoms with van der Waals surface area (Å²) in [5.41, 5.74) is 7.75. The Labute approximate surface area is 123 Å². The highest BCUT2D eigenvalue weighted by Gasteiger charge is 2.40. The zero-order valence-electron chi connectivity index (χ0n) is 13.2. The number of nitrogens with two attached hydrogens (primary N) is 1. The Hall–Kier alpha value is -0.930. The van der Waals surface area contributed by atoms with Crippen molar-refractivity contribution < 1.29 is 0 Å². The summed E-state index contributed by atoms with van der Waals surface area (Å²) < 4.78 is 0. The lowest BCUT2D eigenvalue weighted by molar-refractivity contribution is 0.0170. The van der Waals surface area contributed by atoms with Gasteiger partial charge in [-0.2, -0.15) is 0 Å². The van der Waals surface area contributed by atoms with Crippen LogP contribution in [0, 0.1) is 11.8 Å². The first-order valence-electron chi connectivity index (χ1n) is 7.93. The van der Waals surface area contributed by atoms with E-state index in [1.54, 1.807) is 0 Å². The molecule has 0 aliphatic heterocycles. The number of aromatic nitrogens is 1. The fourth-order valence-electron chi connectivity index (χ4n) is 4.11. The first-order valence-corrected chi connectivity index (χ1v) is 7.93. The van der Waals surface area contributed by atoms with Crippen molar-refractivity contribution in [2.24, 2.45) is 17.6 Å². The number of hydrogen-bond donors (Lipinski definition) is 1. The van der Waals surface area contributed by atoms with Crippen LogP contribution in [0.5, 0.6) is 0 Å². The van der Waals surface area contributed by atoms with Crippen molar-refractivity contribution in [1.29, 1.82) is 0 Å². The largest absolute Gasteiger partial charge is 0.329 e. The smallest absolute Gasteiger partial charge is 0.0340 e. The highest BCUT2D eigenvalue weighted by atomic mass is 15.2. The molecule has 1 heterocycles. The molecule has 20 heavy (non-hydrogen) atoms. The zero-order valence-corrected chi connectivity index (χ0v) is 13.2. The molecule has 1 saturated carbocycles. The number of hydrogen-bond acceptors (Lipinski definition) is 3. The Morgan fingerprint density at radius 3 is 2.35 bits per heavy atom. The molecule has 1 aliphatic carbocycles. The third-order valence-electron chi connectivity index (χ3n) is 4.82. The molecule has 0 aromatic carbocycles. The normalized spacial score (nSPS) is 30.6. The maximum Gasteiger partial charge on any atom is 0.0340 e. The molecule has 0 radical (unpaired) electrons. The van der Waals surface area contributed by atoms with Crippen LogP contribution in [0.3, 0.4) is 0 Å². The Morgan fingerprint density at radius 1 is 1.25 bits per heavy atom. The molecular weight excluding hydrogens is 246 g/mol. The Morgan fingerprint density at radius 2 is 1.85 bits per heavy atom. The third-order valence-corrected chi connectivity index (χ3v) is 4.82. The Balaban J connectivity index is 2.18. The van der Waals surface area contributed by atoms with Gasteiger partial charge in [-0.1, -0.05) is 20.8 Å². The second-order valence-corrected chi connectivity index (χ2v) is 6.65. The molecule has 1 aromatic rings. The van der Waals surface area contributed by atoms with Gasteiger partial charge in [-0.25, -0.2) is 0 Å². The van der Waals surface area contributed by atoms with Gasteiger partial charge >= 0.3 is 0 Å². The van der Waals surface area contributed by atoms with E-state index in [2.05, 4.69) is 42.8 Å². The molecule has 2 N–H and O–H groups in total. The van der Waals surface area contributed by atoms with E-state index in [0.717, 1.165) is 31.5 Å². The minimum absolute atomic E-state index is 0.176. The number of likely N-dealkylation sites (N-methyl/N-ethyl adjacent to an activating group) is 1. The minimum atomic E-state index is 0.176. The van der Waals surface area contributed by atoms with Gasteiger partial charge in [0.1, 0.15) is 0 Å². The van der Waals surface area contributed by atoms with E-state index in [1.807, 2.05) is 12.4 Å². The minimum Gasteiger partial charge on any atom is -0.329 e. The maximum absolute atomic E-state index is 6.24. The van der Waals surface area contributed by atoms with E-state index < -0.39 is 0 Å². The van der Waals surface area contributed by atoms with Crippen molar-refractivity contribution in [2.45, 2.75) is 52.1 Å². The summed E-state index contributed by atoms with van der Waals surface area (Å²) in [4.78, 5) is 6.70. The van der Waals surface area contributed by atoms with Crippen LogP contribution in [0.1, 0.15) is 45.6 Å². The zero-order chi connectivity index (χ0) is 14.6.